The molecule has 10 heteroatoms. The minimum atomic E-state index is -2.92. The number of ether oxygens (including phenoxy) is 2. The first-order valence-electron chi connectivity index (χ1n) is 10.3. The number of thiazole rings is 1. The Morgan fingerprint density at radius 1 is 1.21 bits per heavy atom. The zero-order valence-electron chi connectivity index (χ0n) is 18.2. The normalized spacial score (nSPS) is 15.8. The van der Waals surface area contributed by atoms with Crippen LogP contribution in [0.5, 0.6) is 11.5 Å². The van der Waals surface area contributed by atoms with Crippen LogP contribution in [0, 0.1) is 0 Å². The van der Waals surface area contributed by atoms with Gasteiger partial charge in [0.25, 0.3) is 5.56 Å². The Morgan fingerprint density at radius 3 is 2.50 bits per heavy atom. The number of allylic oxidation sites excluding steroid dienone is 1. The van der Waals surface area contributed by atoms with Crippen LogP contribution >= 0.6 is 11.3 Å². The number of nitrogens with zero attached hydrogens (tertiary/aromatic N) is 2. The second-order valence-corrected chi connectivity index (χ2v) is 8.35. The Hall–Kier alpha value is -3.79. The van der Waals surface area contributed by atoms with Crippen molar-refractivity contribution in [2.75, 3.05) is 6.61 Å². The van der Waals surface area contributed by atoms with E-state index < -0.39 is 18.6 Å². The number of benzene rings is 2. The highest BCUT2D eigenvalue weighted by Crippen LogP contribution is 2.31. The van der Waals surface area contributed by atoms with Crippen LogP contribution in [0.25, 0.3) is 6.08 Å². The van der Waals surface area contributed by atoms with Gasteiger partial charge >= 0.3 is 12.6 Å². The van der Waals surface area contributed by atoms with Crippen molar-refractivity contribution in [1.29, 1.82) is 0 Å². The van der Waals surface area contributed by atoms with E-state index in [0.29, 0.717) is 26.2 Å². The van der Waals surface area contributed by atoms with Crippen molar-refractivity contribution in [2.24, 2.45) is 4.99 Å². The molecule has 0 saturated heterocycles. The molecule has 1 atom stereocenters. The number of hydrogen-bond donors (Lipinski definition) is 1. The quantitative estimate of drug-likeness (QED) is 0.541. The maximum absolute atomic E-state index is 13.4. The number of hydrogen-bond acceptors (Lipinski definition) is 7. The van der Waals surface area contributed by atoms with Crippen LogP contribution in [0.3, 0.4) is 0 Å². The summed E-state index contributed by atoms with van der Waals surface area (Å²) < 4.78 is 36.1. The lowest BCUT2D eigenvalue weighted by Crippen LogP contribution is -2.39. The van der Waals surface area contributed by atoms with Gasteiger partial charge in [0.1, 0.15) is 11.5 Å². The van der Waals surface area contributed by atoms with Crippen LogP contribution in [0.1, 0.15) is 31.0 Å². The molecule has 0 radical (unpaired) electrons. The third-order valence-corrected chi connectivity index (χ3v) is 6.11. The topological polar surface area (TPSA) is 90.1 Å². The number of alkyl halides is 2. The van der Waals surface area contributed by atoms with E-state index in [9.17, 15) is 23.5 Å². The average molecular weight is 486 g/mol. The predicted octanol–water partition coefficient (Wildman–Crippen LogP) is 3.11. The van der Waals surface area contributed by atoms with Gasteiger partial charge in [-0.15, -0.1) is 0 Å². The van der Waals surface area contributed by atoms with Crippen LogP contribution < -0.4 is 19.6 Å². The number of phenolic OH excluding ortho intramolecular Hbond substituents is 1. The number of aromatic nitrogens is 1. The van der Waals surface area contributed by atoms with Crippen molar-refractivity contribution < 1.29 is 28.2 Å². The first-order valence-corrected chi connectivity index (χ1v) is 11.1. The summed E-state index contributed by atoms with van der Waals surface area (Å²) in [6.45, 7) is 0.605. The molecule has 0 fully saturated rings. The molecule has 0 aliphatic carbocycles. The van der Waals surface area contributed by atoms with Crippen molar-refractivity contribution >= 4 is 23.4 Å². The molecule has 176 valence electrons. The highest BCUT2D eigenvalue weighted by atomic mass is 32.1. The zero-order chi connectivity index (χ0) is 24.4. The van der Waals surface area contributed by atoms with Gasteiger partial charge < -0.3 is 14.6 Å². The molecule has 1 N–H and O–H groups in total. The molecule has 0 saturated carbocycles. The van der Waals surface area contributed by atoms with Gasteiger partial charge in [0.2, 0.25) is 0 Å². The molecule has 2 aromatic carbocycles. The molecule has 3 aromatic rings. The summed E-state index contributed by atoms with van der Waals surface area (Å²) in [5, 5.41) is 9.71. The van der Waals surface area contributed by atoms with Gasteiger partial charge in [-0.2, -0.15) is 8.78 Å². The van der Waals surface area contributed by atoms with E-state index in [0.717, 1.165) is 11.3 Å². The summed E-state index contributed by atoms with van der Waals surface area (Å²) in [5.74, 6) is -0.518. The molecule has 0 bridgehead atoms. The van der Waals surface area contributed by atoms with Crippen molar-refractivity contribution in [3.8, 4) is 11.5 Å². The SMILES string of the molecule is CCOC(=O)C1=C(C)N=c2s/c(=C\c3ccc(OC(F)F)cc3)c(=O)n2C1c1ccc(O)cc1. The second kappa shape index (κ2) is 9.60. The molecule has 0 amide bonds. The Balaban J connectivity index is 1.85. The minimum absolute atomic E-state index is 0.00985. The summed E-state index contributed by atoms with van der Waals surface area (Å²) in [6.07, 6.45) is 1.62. The summed E-state index contributed by atoms with van der Waals surface area (Å²) in [7, 11) is 0. The van der Waals surface area contributed by atoms with Gasteiger partial charge in [-0.05, 0) is 55.3 Å². The molecular weight excluding hydrogens is 466 g/mol. The number of fused-ring (bicyclic) bond motifs is 1. The molecular formula is C24H20F2N2O5S. The molecule has 1 aromatic heterocycles. The van der Waals surface area contributed by atoms with Crippen molar-refractivity contribution in [2.45, 2.75) is 26.5 Å². The highest BCUT2D eigenvalue weighted by Gasteiger charge is 2.33. The first-order chi connectivity index (χ1) is 16.3. The fraction of sp³-hybridized carbons (Fsp3) is 0.208. The van der Waals surface area contributed by atoms with Gasteiger partial charge in [0, 0.05) is 0 Å². The number of rotatable bonds is 6. The van der Waals surface area contributed by atoms with Gasteiger partial charge in [-0.25, -0.2) is 9.79 Å². The lowest BCUT2D eigenvalue weighted by atomic mass is 9.96. The molecule has 1 aliphatic heterocycles. The Labute approximate surface area is 196 Å². The van der Waals surface area contributed by atoms with E-state index in [4.69, 9.17) is 4.74 Å². The van der Waals surface area contributed by atoms with Gasteiger partial charge in [-0.3, -0.25) is 9.36 Å². The standard InChI is InChI=1S/C24H20F2N2O5S/c1-3-32-22(31)19-13(2)27-24-28(20(19)15-6-8-16(29)9-7-15)21(30)18(34-24)12-14-4-10-17(11-5-14)33-23(25)26/h4-12,20,23,29H,3H2,1-2H3/b18-12-. The van der Waals surface area contributed by atoms with E-state index >= 15 is 0 Å². The highest BCUT2D eigenvalue weighted by molar-refractivity contribution is 7.07. The van der Waals surface area contributed by atoms with Gasteiger partial charge in [-0.1, -0.05) is 35.6 Å². The molecule has 34 heavy (non-hydrogen) atoms. The van der Waals surface area contributed by atoms with E-state index in [2.05, 4.69) is 9.73 Å². The maximum Gasteiger partial charge on any atom is 0.387 e. The number of aromatic hydroxyl groups is 1. The molecule has 0 spiro atoms. The minimum Gasteiger partial charge on any atom is -0.508 e. The third-order valence-electron chi connectivity index (χ3n) is 5.13. The van der Waals surface area contributed by atoms with E-state index in [1.807, 2.05) is 0 Å². The molecule has 4 rings (SSSR count). The lowest BCUT2D eigenvalue weighted by molar-refractivity contribution is -0.139. The molecule has 7 nitrogen and oxygen atoms in total. The Bertz CT molecular complexity index is 1420. The van der Waals surface area contributed by atoms with Crippen molar-refractivity contribution in [3.05, 3.63) is 90.6 Å². The summed E-state index contributed by atoms with van der Waals surface area (Å²) in [5.41, 5.74) is 1.51. The van der Waals surface area contributed by atoms with Crippen LogP contribution in [-0.4, -0.2) is 28.9 Å². The van der Waals surface area contributed by atoms with E-state index in [1.165, 1.54) is 28.8 Å². The molecule has 2 heterocycles. The maximum atomic E-state index is 13.4. The van der Waals surface area contributed by atoms with E-state index in [1.54, 1.807) is 44.2 Å². The summed E-state index contributed by atoms with van der Waals surface area (Å²) >= 11 is 1.15. The number of carbonyl (C=O) groups is 1. The van der Waals surface area contributed by atoms with Crippen LogP contribution in [0.2, 0.25) is 0 Å². The predicted molar refractivity (Wildman–Crippen MR) is 122 cm³/mol. The molecule has 1 unspecified atom stereocenters. The fourth-order valence-electron chi connectivity index (χ4n) is 3.66. The summed E-state index contributed by atoms with van der Waals surface area (Å²) in [6, 6.07) is 11.3. The smallest absolute Gasteiger partial charge is 0.387 e. The average Bonchev–Trinajstić information content (AvgIpc) is 3.09. The Morgan fingerprint density at radius 2 is 1.88 bits per heavy atom. The summed E-state index contributed by atoms with van der Waals surface area (Å²) in [4.78, 5) is 31.1. The van der Waals surface area contributed by atoms with E-state index in [-0.39, 0.29) is 29.2 Å². The van der Waals surface area contributed by atoms with Crippen molar-refractivity contribution in [1.82, 2.24) is 4.57 Å². The van der Waals surface area contributed by atoms with Gasteiger partial charge in [0.05, 0.1) is 28.5 Å². The lowest BCUT2D eigenvalue weighted by Gasteiger charge is -2.24. The molecule has 1 aliphatic rings. The van der Waals surface area contributed by atoms with Crippen LogP contribution in [0.4, 0.5) is 8.78 Å². The van der Waals surface area contributed by atoms with Crippen LogP contribution in [-0.2, 0) is 9.53 Å². The van der Waals surface area contributed by atoms with Gasteiger partial charge in [0.15, 0.2) is 4.80 Å². The van der Waals surface area contributed by atoms with Crippen molar-refractivity contribution in [3.63, 3.8) is 0 Å². The Kier molecular flexibility index (Phi) is 6.60. The second-order valence-electron chi connectivity index (χ2n) is 7.34. The fourth-order valence-corrected chi connectivity index (χ4v) is 4.71. The number of carbonyl (C=O) groups excluding carboxylic acids is 1. The number of phenols is 1. The monoisotopic (exact) mass is 486 g/mol. The number of halogens is 2. The largest absolute Gasteiger partial charge is 0.508 e. The third kappa shape index (κ3) is 4.62. The number of esters is 1. The van der Waals surface area contributed by atoms with Crippen LogP contribution in [0.15, 0.2) is 69.6 Å². The first kappa shape index (κ1) is 23.4. The zero-order valence-corrected chi connectivity index (χ0v) is 19.0.